The first-order valence-corrected chi connectivity index (χ1v) is 11.6. The molecular weight excluding hydrogens is 432 g/mol. The van der Waals surface area contributed by atoms with Gasteiger partial charge in [-0.3, -0.25) is 0 Å². The quantitative estimate of drug-likeness (QED) is 0.344. The Hall–Kier alpha value is -3.61. The zero-order valence-electron chi connectivity index (χ0n) is 19.6. The SMILES string of the molecule is CC=C(C)C(=O)OC1(C)CCCC(c2ccc(N)nc2)C12Cc1cc3ccc(=O)oc3cc1O2. The number of anilines is 1. The van der Waals surface area contributed by atoms with Gasteiger partial charge in [0.05, 0.1) is 0 Å². The Morgan fingerprint density at radius 2 is 2.09 bits per heavy atom. The maximum Gasteiger partial charge on any atom is 0.336 e. The van der Waals surface area contributed by atoms with Crippen LogP contribution in [0.4, 0.5) is 5.82 Å². The fourth-order valence-corrected chi connectivity index (χ4v) is 5.44. The molecule has 2 aromatic heterocycles. The first-order valence-electron chi connectivity index (χ1n) is 11.6. The molecule has 2 aliphatic rings. The van der Waals surface area contributed by atoms with E-state index in [0.29, 0.717) is 35.6 Å². The summed E-state index contributed by atoms with van der Waals surface area (Å²) in [6.45, 7) is 5.54. The molecule has 0 saturated heterocycles. The summed E-state index contributed by atoms with van der Waals surface area (Å²) in [5.41, 5.74) is 6.68. The number of nitrogen functional groups attached to an aromatic ring is 1. The molecule has 1 aromatic carbocycles. The van der Waals surface area contributed by atoms with E-state index in [4.69, 9.17) is 19.6 Å². The Balaban J connectivity index is 1.65. The lowest BCUT2D eigenvalue weighted by Crippen LogP contribution is -2.63. The summed E-state index contributed by atoms with van der Waals surface area (Å²) in [7, 11) is 0. The van der Waals surface area contributed by atoms with E-state index in [9.17, 15) is 9.59 Å². The van der Waals surface area contributed by atoms with Crippen LogP contribution < -0.4 is 16.1 Å². The molecule has 0 radical (unpaired) electrons. The van der Waals surface area contributed by atoms with Crippen LogP contribution in [-0.4, -0.2) is 22.2 Å². The van der Waals surface area contributed by atoms with Crippen molar-refractivity contribution in [1.29, 1.82) is 0 Å². The van der Waals surface area contributed by atoms with E-state index in [0.717, 1.165) is 29.4 Å². The summed E-state index contributed by atoms with van der Waals surface area (Å²) < 4.78 is 18.4. The number of carbonyl (C=O) groups is 1. The molecule has 1 aliphatic heterocycles. The number of rotatable bonds is 3. The number of carbonyl (C=O) groups excluding carboxylic acids is 1. The Bertz CT molecular complexity index is 1360. The molecule has 3 heterocycles. The number of benzene rings is 1. The van der Waals surface area contributed by atoms with Crippen LogP contribution in [0.3, 0.4) is 0 Å². The Morgan fingerprint density at radius 3 is 2.82 bits per heavy atom. The highest BCUT2D eigenvalue weighted by molar-refractivity contribution is 5.88. The monoisotopic (exact) mass is 460 g/mol. The Labute approximate surface area is 197 Å². The maximum atomic E-state index is 13.0. The molecule has 1 saturated carbocycles. The fourth-order valence-electron chi connectivity index (χ4n) is 5.44. The van der Waals surface area contributed by atoms with Gasteiger partial charge in [-0.15, -0.1) is 0 Å². The van der Waals surface area contributed by atoms with E-state index in [1.165, 1.54) is 6.07 Å². The third-order valence-electron chi connectivity index (χ3n) is 7.44. The van der Waals surface area contributed by atoms with E-state index in [2.05, 4.69) is 4.98 Å². The van der Waals surface area contributed by atoms with Crippen LogP contribution in [0.15, 0.2) is 63.5 Å². The highest BCUT2D eigenvalue weighted by atomic mass is 16.6. The van der Waals surface area contributed by atoms with Gasteiger partial charge in [0.2, 0.25) is 0 Å². The number of pyridine rings is 1. The summed E-state index contributed by atoms with van der Waals surface area (Å²) in [6, 6.07) is 10.7. The van der Waals surface area contributed by atoms with Gasteiger partial charge in [-0.05, 0) is 69.4 Å². The van der Waals surface area contributed by atoms with Gasteiger partial charge in [0, 0.05) is 41.6 Å². The fraction of sp³-hybridized carbons (Fsp3) is 0.370. The lowest BCUT2D eigenvalue weighted by Gasteiger charge is -2.52. The van der Waals surface area contributed by atoms with Crippen LogP contribution >= 0.6 is 0 Å². The van der Waals surface area contributed by atoms with Crippen LogP contribution in [0.1, 0.15) is 57.1 Å². The molecule has 2 N–H and O–H groups in total. The minimum Gasteiger partial charge on any atom is -0.482 e. The second-order valence-corrected chi connectivity index (χ2v) is 9.47. The van der Waals surface area contributed by atoms with E-state index >= 15 is 0 Å². The number of hydrogen-bond acceptors (Lipinski definition) is 7. The highest BCUT2D eigenvalue weighted by Gasteiger charge is 2.62. The molecule has 3 unspecified atom stereocenters. The summed E-state index contributed by atoms with van der Waals surface area (Å²) in [5, 5.41) is 0.823. The van der Waals surface area contributed by atoms with Gasteiger partial charge in [-0.2, -0.15) is 0 Å². The summed E-state index contributed by atoms with van der Waals surface area (Å²) in [5.74, 6) is 0.655. The van der Waals surface area contributed by atoms with Crippen molar-refractivity contribution in [2.75, 3.05) is 5.73 Å². The molecule has 7 heteroatoms. The molecule has 3 atom stereocenters. The standard InChI is InChI=1S/C27H28N2O5/c1-4-16(2)25(31)34-26(3)11-5-6-20(18-7-9-23(28)29-15-18)27(26)14-19-12-17-8-10-24(30)32-21(17)13-22(19)33-27/h4,7-10,12-13,15,20H,5-6,11,14H2,1-3H3,(H2,28,29). The van der Waals surface area contributed by atoms with Gasteiger partial charge in [0.25, 0.3) is 0 Å². The number of fused-ring (bicyclic) bond motifs is 2. The predicted molar refractivity (Wildman–Crippen MR) is 129 cm³/mol. The number of hydrogen-bond donors (Lipinski definition) is 1. The largest absolute Gasteiger partial charge is 0.482 e. The van der Waals surface area contributed by atoms with Crippen molar-refractivity contribution in [2.45, 2.75) is 63.6 Å². The van der Waals surface area contributed by atoms with Crippen LogP contribution in [0, 0.1) is 0 Å². The van der Waals surface area contributed by atoms with Crippen molar-refractivity contribution in [1.82, 2.24) is 4.98 Å². The van der Waals surface area contributed by atoms with Gasteiger partial charge in [-0.1, -0.05) is 12.1 Å². The molecule has 5 rings (SSSR count). The number of nitrogens with two attached hydrogens (primary N) is 1. The van der Waals surface area contributed by atoms with Crippen LogP contribution in [0.5, 0.6) is 5.75 Å². The third kappa shape index (κ3) is 3.47. The van der Waals surface area contributed by atoms with Crippen molar-refractivity contribution < 1.29 is 18.7 Å². The van der Waals surface area contributed by atoms with E-state index in [1.807, 2.05) is 26.0 Å². The molecule has 1 fully saturated rings. The maximum absolute atomic E-state index is 13.0. The normalized spacial score (nSPS) is 26.3. The minimum absolute atomic E-state index is 0.0828. The topological polar surface area (TPSA) is 105 Å². The van der Waals surface area contributed by atoms with Crippen molar-refractivity contribution in [3.63, 3.8) is 0 Å². The summed E-state index contributed by atoms with van der Waals surface area (Å²) in [6.07, 6.45) is 6.47. The van der Waals surface area contributed by atoms with Crippen molar-refractivity contribution >= 4 is 22.8 Å². The van der Waals surface area contributed by atoms with Gasteiger partial charge >= 0.3 is 11.6 Å². The van der Waals surface area contributed by atoms with Gasteiger partial charge in [0.15, 0.2) is 5.60 Å². The smallest absolute Gasteiger partial charge is 0.336 e. The molecule has 1 spiro atoms. The number of nitrogens with zero attached hydrogens (tertiary/aromatic N) is 1. The predicted octanol–water partition coefficient (Wildman–Crippen LogP) is 4.68. The van der Waals surface area contributed by atoms with Crippen molar-refractivity contribution in [3.05, 3.63) is 75.8 Å². The average molecular weight is 461 g/mol. The first-order chi connectivity index (χ1) is 16.2. The Morgan fingerprint density at radius 1 is 1.26 bits per heavy atom. The third-order valence-corrected chi connectivity index (χ3v) is 7.44. The number of esters is 1. The molecule has 0 bridgehead atoms. The molecule has 7 nitrogen and oxygen atoms in total. The van der Waals surface area contributed by atoms with Crippen molar-refractivity contribution in [3.8, 4) is 5.75 Å². The summed E-state index contributed by atoms with van der Waals surface area (Å²) in [4.78, 5) is 29.0. The van der Waals surface area contributed by atoms with Gasteiger partial charge < -0.3 is 19.6 Å². The number of allylic oxidation sites excluding steroid dienone is 1. The summed E-state index contributed by atoms with van der Waals surface area (Å²) >= 11 is 0. The molecule has 1 aliphatic carbocycles. The highest BCUT2D eigenvalue weighted by Crippen LogP contribution is 2.56. The lowest BCUT2D eigenvalue weighted by molar-refractivity contribution is -0.193. The molecule has 0 amide bonds. The number of ether oxygens (including phenoxy) is 2. The van der Waals surface area contributed by atoms with E-state index in [-0.39, 0.29) is 11.9 Å². The zero-order valence-corrected chi connectivity index (χ0v) is 19.6. The molecule has 34 heavy (non-hydrogen) atoms. The minimum atomic E-state index is -0.898. The van der Waals surface area contributed by atoms with Crippen molar-refractivity contribution in [2.24, 2.45) is 0 Å². The van der Waals surface area contributed by atoms with Crippen LogP contribution in [0.2, 0.25) is 0 Å². The molecule has 176 valence electrons. The second kappa shape index (κ2) is 8.01. The number of aromatic nitrogens is 1. The first kappa shape index (κ1) is 22.2. The molecule has 3 aromatic rings. The van der Waals surface area contributed by atoms with Crippen LogP contribution in [0.25, 0.3) is 11.0 Å². The van der Waals surface area contributed by atoms with E-state index in [1.54, 1.807) is 37.4 Å². The van der Waals surface area contributed by atoms with Crippen LogP contribution in [-0.2, 0) is 16.0 Å². The van der Waals surface area contributed by atoms with Gasteiger partial charge in [0.1, 0.15) is 22.8 Å². The molecular formula is C27H28N2O5. The Kier molecular flexibility index (Phi) is 5.23. The van der Waals surface area contributed by atoms with E-state index < -0.39 is 16.8 Å². The lowest BCUT2D eigenvalue weighted by atomic mass is 9.62. The average Bonchev–Trinajstić information content (AvgIpc) is 3.19. The zero-order chi connectivity index (χ0) is 24.1. The second-order valence-electron chi connectivity index (χ2n) is 9.47. The van der Waals surface area contributed by atoms with Gasteiger partial charge in [-0.25, -0.2) is 14.6 Å².